The minimum Gasteiger partial charge on any atom is -0.450 e. The maximum atomic E-state index is 11.9. The van der Waals surface area contributed by atoms with Crippen LogP contribution in [0.15, 0.2) is 0 Å². The van der Waals surface area contributed by atoms with Gasteiger partial charge in [0.2, 0.25) is 0 Å². The second-order valence-electron chi connectivity index (χ2n) is 10.7. The third-order valence-electron chi connectivity index (χ3n) is 7.92. The lowest BCUT2D eigenvalue weighted by atomic mass is 9.64. The third-order valence-corrected chi connectivity index (χ3v) is 7.92. The molecule has 5 aliphatic rings. The number of likely N-dealkylation sites (tertiary alicyclic amines) is 2. The molecule has 1 spiro atoms. The first-order chi connectivity index (χ1) is 14.4. The Labute approximate surface area is 182 Å². The molecule has 1 saturated carbocycles. The number of hydrogen-bond donors (Lipinski definition) is 2. The van der Waals surface area contributed by atoms with E-state index in [2.05, 4.69) is 10.2 Å². The van der Waals surface area contributed by atoms with E-state index in [-0.39, 0.29) is 11.6 Å². The van der Waals surface area contributed by atoms with E-state index < -0.39 is 0 Å². The van der Waals surface area contributed by atoms with E-state index in [4.69, 9.17) is 15.2 Å². The van der Waals surface area contributed by atoms with Crippen LogP contribution in [-0.2, 0) is 9.47 Å². The number of ether oxygens (including phenoxy) is 2. The number of hydrogen-bond acceptors (Lipinski definition) is 6. The lowest BCUT2D eigenvalue weighted by molar-refractivity contribution is -0.0433. The molecule has 7 heteroatoms. The molecule has 5 fully saturated rings. The molecule has 30 heavy (non-hydrogen) atoms. The number of rotatable bonds is 3. The van der Waals surface area contributed by atoms with Gasteiger partial charge in [-0.15, -0.1) is 0 Å². The van der Waals surface area contributed by atoms with E-state index in [0.717, 1.165) is 44.3 Å². The second-order valence-corrected chi connectivity index (χ2v) is 10.7. The summed E-state index contributed by atoms with van der Waals surface area (Å²) in [6, 6.07) is 1.57. The van der Waals surface area contributed by atoms with Crippen molar-refractivity contribution in [3.8, 4) is 0 Å². The highest BCUT2D eigenvalue weighted by atomic mass is 16.6. The molecular weight excluding hydrogens is 380 g/mol. The summed E-state index contributed by atoms with van der Waals surface area (Å²) in [4.78, 5) is 16.6. The van der Waals surface area contributed by atoms with Crippen molar-refractivity contribution in [3.05, 3.63) is 0 Å². The number of amides is 1. The topological polar surface area (TPSA) is 80.1 Å². The summed E-state index contributed by atoms with van der Waals surface area (Å²) in [7, 11) is 0. The fraction of sp³-hybridized carbons (Fsp3) is 0.957. The molecule has 172 valence electrons. The first-order valence-electron chi connectivity index (χ1n) is 12.2. The molecule has 5 rings (SSSR count). The summed E-state index contributed by atoms with van der Waals surface area (Å²) >= 11 is 0. The predicted molar refractivity (Wildman–Crippen MR) is 117 cm³/mol. The summed E-state index contributed by atoms with van der Waals surface area (Å²) in [6.45, 7) is 11.4. The molecule has 4 saturated heterocycles. The molecule has 1 aliphatic carbocycles. The average molecular weight is 423 g/mol. The Hall–Kier alpha value is -0.890. The zero-order valence-electron chi connectivity index (χ0n) is 19.0. The highest BCUT2D eigenvalue weighted by Gasteiger charge is 2.51. The Bertz CT molecular complexity index is 573. The SMILES string of the molecule is CC1(N)COC1.CCOC(=O)N1CCC2(CC(N3CCC(C4CCCN4)CC3)C2)C1. The van der Waals surface area contributed by atoms with Gasteiger partial charge >= 0.3 is 6.09 Å². The van der Waals surface area contributed by atoms with Crippen LogP contribution >= 0.6 is 0 Å². The number of nitrogens with zero attached hydrogens (tertiary/aromatic N) is 2. The fourth-order valence-electron chi connectivity index (χ4n) is 6.06. The number of carbonyl (C=O) groups is 1. The zero-order valence-corrected chi connectivity index (χ0v) is 19.0. The first kappa shape index (κ1) is 22.3. The molecule has 0 aromatic rings. The summed E-state index contributed by atoms with van der Waals surface area (Å²) in [6.07, 6.45) is 9.14. The molecule has 7 nitrogen and oxygen atoms in total. The van der Waals surface area contributed by atoms with E-state index in [1.807, 2.05) is 18.7 Å². The van der Waals surface area contributed by atoms with Crippen LogP contribution in [0.5, 0.6) is 0 Å². The lowest BCUT2D eigenvalue weighted by Crippen LogP contribution is -2.55. The molecule has 0 radical (unpaired) electrons. The summed E-state index contributed by atoms with van der Waals surface area (Å²) in [5.74, 6) is 0.906. The van der Waals surface area contributed by atoms with E-state index in [0.29, 0.717) is 12.0 Å². The Morgan fingerprint density at radius 3 is 2.43 bits per heavy atom. The Kier molecular flexibility index (Phi) is 6.92. The lowest BCUT2D eigenvalue weighted by Gasteiger charge is -2.52. The van der Waals surface area contributed by atoms with E-state index in [9.17, 15) is 4.79 Å². The van der Waals surface area contributed by atoms with Crippen LogP contribution in [0.3, 0.4) is 0 Å². The van der Waals surface area contributed by atoms with E-state index >= 15 is 0 Å². The quantitative estimate of drug-likeness (QED) is 0.726. The molecule has 3 N–H and O–H groups in total. The van der Waals surface area contributed by atoms with Crippen molar-refractivity contribution in [3.63, 3.8) is 0 Å². The normalized spacial score (nSPS) is 36.0. The summed E-state index contributed by atoms with van der Waals surface area (Å²) < 4.78 is 9.97. The van der Waals surface area contributed by atoms with Gasteiger partial charge in [-0.05, 0) is 89.8 Å². The van der Waals surface area contributed by atoms with Gasteiger partial charge in [0.25, 0.3) is 0 Å². The van der Waals surface area contributed by atoms with Gasteiger partial charge in [-0.2, -0.15) is 0 Å². The van der Waals surface area contributed by atoms with Gasteiger partial charge in [0.15, 0.2) is 0 Å². The van der Waals surface area contributed by atoms with Crippen molar-refractivity contribution >= 4 is 6.09 Å². The molecule has 4 heterocycles. The Morgan fingerprint density at radius 2 is 1.90 bits per heavy atom. The van der Waals surface area contributed by atoms with Crippen LogP contribution in [-0.4, -0.2) is 86.1 Å². The van der Waals surface area contributed by atoms with Crippen molar-refractivity contribution in [1.29, 1.82) is 0 Å². The van der Waals surface area contributed by atoms with Crippen molar-refractivity contribution in [2.45, 2.75) is 76.4 Å². The molecular formula is C23H42N4O3. The van der Waals surface area contributed by atoms with Gasteiger partial charge in [0.05, 0.1) is 25.4 Å². The Morgan fingerprint density at radius 1 is 1.20 bits per heavy atom. The summed E-state index contributed by atoms with van der Waals surface area (Å²) in [5.41, 5.74) is 5.90. The van der Waals surface area contributed by atoms with Crippen LogP contribution < -0.4 is 11.1 Å². The molecule has 0 bridgehead atoms. The van der Waals surface area contributed by atoms with Gasteiger partial charge in [-0.1, -0.05) is 0 Å². The van der Waals surface area contributed by atoms with Gasteiger partial charge in [-0.3, -0.25) is 0 Å². The Balaban J connectivity index is 0.000000313. The minimum atomic E-state index is -0.109. The van der Waals surface area contributed by atoms with Crippen molar-refractivity contribution in [2.75, 3.05) is 52.5 Å². The monoisotopic (exact) mass is 422 g/mol. The van der Waals surface area contributed by atoms with Gasteiger partial charge in [-0.25, -0.2) is 4.79 Å². The molecule has 0 aromatic heterocycles. The van der Waals surface area contributed by atoms with Gasteiger partial charge in [0, 0.05) is 25.2 Å². The van der Waals surface area contributed by atoms with Crippen molar-refractivity contribution in [1.82, 2.24) is 15.1 Å². The number of carbonyl (C=O) groups excluding carboxylic acids is 1. The van der Waals surface area contributed by atoms with Crippen LogP contribution in [0.4, 0.5) is 4.79 Å². The van der Waals surface area contributed by atoms with E-state index in [1.165, 1.54) is 64.6 Å². The highest BCUT2D eigenvalue weighted by Crippen LogP contribution is 2.50. The predicted octanol–water partition coefficient (Wildman–Crippen LogP) is 2.20. The highest BCUT2D eigenvalue weighted by molar-refractivity contribution is 5.68. The van der Waals surface area contributed by atoms with Crippen LogP contribution in [0.1, 0.15) is 58.8 Å². The van der Waals surface area contributed by atoms with E-state index in [1.54, 1.807) is 0 Å². The molecule has 1 unspecified atom stereocenters. The van der Waals surface area contributed by atoms with Gasteiger partial charge in [0.1, 0.15) is 0 Å². The van der Waals surface area contributed by atoms with Gasteiger partial charge < -0.3 is 30.3 Å². The second kappa shape index (κ2) is 9.31. The zero-order chi connectivity index (χ0) is 21.2. The smallest absolute Gasteiger partial charge is 0.409 e. The third kappa shape index (κ3) is 5.12. The average Bonchev–Trinajstić information content (AvgIpc) is 3.37. The van der Waals surface area contributed by atoms with Crippen LogP contribution in [0.2, 0.25) is 0 Å². The van der Waals surface area contributed by atoms with Crippen molar-refractivity contribution < 1.29 is 14.3 Å². The largest absolute Gasteiger partial charge is 0.450 e. The van der Waals surface area contributed by atoms with Crippen molar-refractivity contribution in [2.24, 2.45) is 17.1 Å². The maximum Gasteiger partial charge on any atom is 0.409 e. The molecule has 0 aromatic carbocycles. The number of piperidine rings is 1. The first-order valence-corrected chi connectivity index (χ1v) is 12.2. The summed E-state index contributed by atoms with van der Waals surface area (Å²) in [5, 5.41) is 3.70. The number of nitrogens with one attached hydrogen (secondary N) is 1. The van der Waals surface area contributed by atoms with Crippen LogP contribution in [0.25, 0.3) is 0 Å². The minimum absolute atomic E-state index is 0. The molecule has 4 aliphatic heterocycles. The number of nitrogens with two attached hydrogens (primary N) is 1. The molecule has 1 amide bonds. The fourth-order valence-corrected chi connectivity index (χ4v) is 6.06. The maximum absolute atomic E-state index is 11.9. The van der Waals surface area contributed by atoms with Crippen LogP contribution in [0, 0.1) is 11.3 Å². The standard InChI is InChI=1S/C19H33N3O2.C4H9NO/c1-2-24-18(23)22-11-7-19(14-22)12-16(13-19)21-9-5-15(6-10-21)17-4-3-8-20-17;1-4(5)2-6-3-4/h15-17,20H,2-14H2,1H3;2-3,5H2,1H3. The molecule has 1 atom stereocenters.